The van der Waals surface area contributed by atoms with E-state index in [4.69, 9.17) is 9.63 Å². The summed E-state index contributed by atoms with van der Waals surface area (Å²) in [5, 5.41) is 0. The SMILES string of the molecule is C=C(C)C(=O)OC(CC)OP(=O)(O)OCC. The zero-order valence-corrected chi connectivity index (χ0v) is 10.5. The highest BCUT2D eigenvalue weighted by molar-refractivity contribution is 7.47. The van der Waals surface area contributed by atoms with E-state index in [2.05, 4.69) is 15.6 Å². The fourth-order valence-corrected chi connectivity index (χ4v) is 1.62. The number of carbonyl (C=O) groups excluding carboxylic acids is 1. The quantitative estimate of drug-likeness (QED) is 0.323. The van der Waals surface area contributed by atoms with Gasteiger partial charge in [-0.15, -0.1) is 0 Å². The minimum atomic E-state index is -4.16. The molecule has 0 fully saturated rings. The fraction of sp³-hybridized carbons (Fsp3) is 0.667. The van der Waals surface area contributed by atoms with Crippen LogP contribution in [0, 0.1) is 0 Å². The number of phosphoric acid groups is 1. The van der Waals surface area contributed by atoms with Gasteiger partial charge in [0.2, 0.25) is 6.29 Å². The van der Waals surface area contributed by atoms with Crippen LogP contribution in [-0.4, -0.2) is 23.8 Å². The first kappa shape index (κ1) is 15.3. The highest BCUT2D eigenvalue weighted by atomic mass is 31.2. The maximum atomic E-state index is 11.2. The van der Waals surface area contributed by atoms with Crippen LogP contribution in [-0.2, 0) is 23.1 Å². The lowest BCUT2D eigenvalue weighted by molar-refractivity contribution is -0.161. The van der Waals surface area contributed by atoms with E-state index >= 15 is 0 Å². The first-order valence-electron chi connectivity index (χ1n) is 4.84. The molecule has 94 valence electrons. The maximum absolute atomic E-state index is 11.2. The number of rotatable bonds is 7. The Balaban J connectivity index is 4.36. The summed E-state index contributed by atoms with van der Waals surface area (Å²) in [7, 11) is -4.16. The number of hydrogen-bond donors (Lipinski definition) is 1. The van der Waals surface area contributed by atoms with Crippen molar-refractivity contribution < 1.29 is 28.0 Å². The van der Waals surface area contributed by atoms with E-state index in [1.54, 1.807) is 13.8 Å². The molecule has 0 aliphatic carbocycles. The molecular weight excluding hydrogens is 235 g/mol. The van der Waals surface area contributed by atoms with Gasteiger partial charge in [-0.2, -0.15) is 0 Å². The van der Waals surface area contributed by atoms with Crippen molar-refractivity contribution in [3.8, 4) is 0 Å². The molecule has 0 rings (SSSR count). The number of ether oxygens (including phenoxy) is 1. The summed E-state index contributed by atoms with van der Waals surface area (Å²) in [4.78, 5) is 20.3. The fourth-order valence-electron chi connectivity index (χ4n) is 0.742. The topological polar surface area (TPSA) is 82.1 Å². The van der Waals surface area contributed by atoms with Crippen molar-refractivity contribution >= 4 is 13.8 Å². The van der Waals surface area contributed by atoms with Crippen LogP contribution >= 0.6 is 7.82 Å². The summed E-state index contributed by atoms with van der Waals surface area (Å²) in [6.45, 7) is 8.07. The lowest BCUT2D eigenvalue weighted by atomic mass is 10.3. The van der Waals surface area contributed by atoms with Gasteiger partial charge in [-0.3, -0.25) is 4.52 Å². The van der Waals surface area contributed by atoms with E-state index in [-0.39, 0.29) is 18.6 Å². The predicted molar refractivity (Wildman–Crippen MR) is 57.5 cm³/mol. The molecule has 0 aromatic rings. The summed E-state index contributed by atoms with van der Waals surface area (Å²) in [5.74, 6) is -0.677. The first-order chi connectivity index (χ1) is 7.32. The molecule has 2 atom stereocenters. The minimum Gasteiger partial charge on any atom is -0.432 e. The Bertz CT molecular complexity index is 300. The Labute approximate surface area is 94.8 Å². The van der Waals surface area contributed by atoms with Crippen LogP contribution in [0.1, 0.15) is 27.2 Å². The van der Waals surface area contributed by atoms with E-state index < -0.39 is 20.1 Å². The van der Waals surface area contributed by atoms with Crippen molar-refractivity contribution in [2.24, 2.45) is 0 Å². The van der Waals surface area contributed by atoms with Crippen LogP contribution < -0.4 is 0 Å². The Morgan fingerprint density at radius 1 is 1.50 bits per heavy atom. The zero-order chi connectivity index (χ0) is 12.8. The second kappa shape index (κ2) is 6.81. The summed E-state index contributed by atoms with van der Waals surface area (Å²) < 4.78 is 25.1. The van der Waals surface area contributed by atoms with Crippen LogP contribution in [0.3, 0.4) is 0 Å². The van der Waals surface area contributed by atoms with Gasteiger partial charge in [-0.1, -0.05) is 13.5 Å². The molecule has 0 radical (unpaired) electrons. The van der Waals surface area contributed by atoms with Crippen molar-refractivity contribution in [3.63, 3.8) is 0 Å². The second-order valence-corrected chi connectivity index (χ2v) is 4.42. The van der Waals surface area contributed by atoms with Gasteiger partial charge in [0.1, 0.15) is 0 Å². The molecule has 2 unspecified atom stereocenters. The van der Waals surface area contributed by atoms with Gasteiger partial charge in [0.15, 0.2) is 0 Å². The molecule has 16 heavy (non-hydrogen) atoms. The molecular formula is C9H17O6P. The summed E-state index contributed by atoms with van der Waals surface area (Å²) in [6, 6.07) is 0. The minimum absolute atomic E-state index is 0.0264. The lowest BCUT2D eigenvalue weighted by Gasteiger charge is -2.19. The highest BCUT2D eigenvalue weighted by Crippen LogP contribution is 2.44. The predicted octanol–water partition coefficient (Wildman–Crippen LogP) is 2.00. The normalized spacial score (nSPS) is 16.2. The zero-order valence-electron chi connectivity index (χ0n) is 9.63. The number of phosphoric ester groups is 1. The third-order valence-corrected chi connectivity index (χ3v) is 2.55. The van der Waals surface area contributed by atoms with E-state index in [0.717, 1.165) is 0 Å². The maximum Gasteiger partial charge on any atom is 0.475 e. The van der Waals surface area contributed by atoms with Crippen LogP contribution in [0.15, 0.2) is 12.2 Å². The van der Waals surface area contributed by atoms with E-state index in [1.807, 2.05) is 0 Å². The molecule has 0 spiro atoms. The number of esters is 1. The average Bonchev–Trinajstić information content (AvgIpc) is 2.15. The molecule has 0 saturated heterocycles. The van der Waals surface area contributed by atoms with Gasteiger partial charge in [0, 0.05) is 12.0 Å². The second-order valence-electron chi connectivity index (χ2n) is 3.02. The van der Waals surface area contributed by atoms with Gasteiger partial charge in [-0.05, 0) is 13.8 Å². The molecule has 0 aromatic heterocycles. The van der Waals surface area contributed by atoms with Crippen molar-refractivity contribution in [1.82, 2.24) is 0 Å². The highest BCUT2D eigenvalue weighted by Gasteiger charge is 2.27. The van der Waals surface area contributed by atoms with Crippen molar-refractivity contribution in [2.45, 2.75) is 33.5 Å². The monoisotopic (exact) mass is 252 g/mol. The van der Waals surface area contributed by atoms with Crippen molar-refractivity contribution in [3.05, 3.63) is 12.2 Å². The molecule has 7 heteroatoms. The Morgan fingerprint density at radius 2 is 2.06 bits per heavy atom. The molecule has 0 amide bonds. The van der Waals surface area contributed by atoms with Crippen molar-refractivity contribution in [2.75, 3.05) is 6.61 Å². The van der Waals surface area contributed by atoms with Gasteiger partial charge < -0.3 is 9.63 Å². The third-order valence-electron chi connectivity index (χ3n) is 1.46. The van der Waals surface area contributed by atoms with Gasteiger partial charge in [-0.25, -0.2) is 13.9 Å². The largest absolute Gasteiger partial charge is 0.475 e. The van der Waals surface area contributed by atoms with Gasteiger partial charge in [0.05, 0.1) is 6.61 Å². The molecule has 0 aromatic carbocycles. The summed E-state index contributed by atoms with van der Waals surface area (Å²) in [5.41, 5.74) is 0.186. The Hall–Kier alpha value is -0.680. The summed E-state index contributed by atoms with van der Waals surface area (Å²) in [6.07, 6.45) is -0.886. The van der Waals surface area contributed by atoms with Crippen LogP contribution in [0.25, 0.3) is 0 Å². The van der Waals surface area contributed by atoms with Crippen LogP contribution in [0.2, 0.25) is 0 Å². The van der Waals surface area contributed by atoms with E-state index in [1.165, 1.54) is 6.92 Å². The number of carbonyl (C=O) groups is 1. The molecule has 0 heterocycles. The van der Waals surface area contributed by atoms with Crippen molar-refractivity contribution in [1.29, 1.82) is 0 Å². The molecule has 0 aliphatic heterocycles. The smallest absolute Gasteiger partial charge is 0.432 e. The van der Waals surface area contributed by atoms with Crippen LogP contribution in [0.4, 0.5) is 0 Å². The molecule has 0 bridgehead atoms. The van der Waals surface area contributed by atoms with Gasteiger partial charge in [0.25, 0.3) is 0 Å². The third kappa shape index (κ3) is 6.02. The summed E-state index contributed by atoms with van der Waals surface area (Å²) >= 11 is 0. The first-order valence-corrected chi connectivity index (χ1v) is 6.34. The lowest BCUT2D eigenvalue weighted by Crippen LogP contribution is -2.20. The van der Waals surface area contributed by atoms with Gasteiger partial charge >= 0.3 is 13.8 Å². The van der Waals surface area contributed by atoms with Crippen LogP contribution in [0.5, 0.6) is 0 Å². The molecule has 1 N–H and O–H groups in total. The number of hydrogen-bond acceptors (Lipinski definition) is 5. The average molecular weight is 252 g/mol. The Morgan fingerprint density at radius 3 is 2.44 bits per heavy atom. The van der Waals surface area contributed by atoms with E-state index in [0.29, 0.717) is 0 Å². The molecule has 0 aliphatic rings. The van der Waals surface area contributed by atoms with E-state index in [9.17, 15) is 9.36 Å². The standard InChI is InChI=1S/C9H17O6P/c1-5-8(14-9(10)7(3)4)15-16(11,12)13-6-2/h8H,3,5-6H2,1-2,4H3,(H,11,12). The Kier molecular flexibility index (Phi) is 6.52. The molecule has 6 nitrogen and oxygen atoms in total. The molecule has 0 saturated carbocycles.